The van der Waals surface area contributed by atoms with Crippen LogP contribution in [0.2, 0.25) is 0 Å². The lowest BCUT2D eigenvalue weighted by atomic mass is 9.83. The fraction of sp³-hybridized carbons (Fsp3) is 0.200. The summed E-state index contributed by atoms with van der Waals surface area (Å²) in [5.74, 6) is 0.494. The summed E-state index contributed by atoms with van der Waals surface area (Å²) in [6, 6.07) is 13.3. The SMILES string of the molecule is CN(C)C1=NC2=C(c3ccccc3C(F)(F)F)Cc3ccccc3C2=N1. The number of rotatable bonds is 1. The highest BCUT2D eigenvalue weighted by molar-refractivity contribution is 6.25. The van der Waals surface area contributed by atoms with Crippen molar-refractivity contribution in [1.82, 2.24) is 4.90 Å². The lowest BCUT2D eigenvalue weighted by Crippen LogP contribution is -2.18. The minimum absolute atomic E-state index is 0.168. The second kappa shape index (κ2) is 5.83. The number of alkyl halides is 3. The van der Waals surface area contributed by atoms with Gasteiger partial charge in [0.25, 0.3) is 0 Å². The largest absolute Gasteiger partial charge is 0.416 e. The summed E-state index contributed by atoms with van der Waals surface area (Å²) in [4.78, 5) is 10.9. The van der Waals surface area contributed by atoms with Crippen molar-refractivity contribution < 1.29 is 13.2 Å². The van der Waals surface area contributed by atoms with Gasteiger partial charge in [0.2, 0.25) is 5.96 Å². The van der Waals surface area contributed by atoms with Crippen LogP contribution in [-0.4, -0.2) is 30.7 Å². The Hall–Kier alpha value is -2.89. The van der Waals surface area contributed by atoms with Gasteiger partial charge in [-0.05, 0) is 22.8 Å². The molecule has 2 aliphatic rings. The summed E-state index contributed by atoms with van der Waals surface area (Å²) in [6.45, 7) is 0. The molecule has 0 spiro atoms. The average Bonchev–Trinajstić information content (AvgIpc) is 3.06. The van der Waals surface area contributed by atoms with Crippen molar-refractivity contribution in [2.75, 3.05) is 14.1 Å². The number of guanidine groups is 1. The zero-order valence-corrected chi connectivity index (χ0v) is 14.3. The van der Waals surface area contributed by atoms with Crippen LogP contribution in [0.25, 0.3) is 5.57 Å². The van der Waals surface area contributed by atoms with Crippen LogP contribution < -0.4 is 0 Å². The molecule has 3 nitrogen and oxygen atoms in total. The number of allylic oxidation sites excluding steroid dienone is 2. The van der Waals surface area contributed by atoms with Crippen molar-refractivity contribution in [3.63, 3.8) is 0 Å². The quantitative estimate of drug-likeness (QED) is 0.745. The van der Waals surface area contributed by atoms with Crippen molar-refractivity contribution in [3.8, 4) is 0 Å². The first-order chi connectivity index (χ1) is 12.4. The third kappa shape index (κ3) is 2.62. The fourth-order valence-electron chi connectivity index (χ4n) is 3.32. The van der Waals surface area contributed by atoms with Gasteiger partial charge in [0.15, 0.2) is 0 Å². The molecule has 0 radical (unpaired) electrons. The van der Waals surface area contributed by atoms with E-state index in [0.717, 1.165) is 17.2 Å². The van der Waals surface area contributed by atoms with Crippen LogP contribution in [0.1, 0.15) is 22.3 Å². The van der Waals surface area contributed by atoms with E-state index in [-0.39, 0.29) is 5.56 Å². The highest BCUT2D eigenvalue weighted by atomic mass is 19.4. The molecule has 26 heavy (non-hydrogen) atoms. The molecule has 0 fully saturated rings. The van der Waals surface area contributed by atoms with Crippen LogP contribution >= 0.6 is 0 Å². The first-order valence-corrected chi connectivity index (χ1v) is 8.19. The average molecular weight is 355 g/mol. The van der Waals surface area contributed by atoms with Crippen LogP contribution in [-0.2, 0) is 12.6 Å². The maximum atomic E-state index is 13.6. The highest BCUT2D eigenvalue weighted by Crippen LogP contribution is 2.41. The number of fused-ring (bicyclic) bond motifs is 3. The Labute approximate surface area is 149 Å². The normalized spacial score (nSPS) is 16.0. The first-order valence-electron chi connectivity index (χ1n) is 8.19. The predicted octanol–water partition coefficient (Wildman–Crippen LogP) is 4.39. The molecule has 1 aliphatic carbocycles. The molecule has 0 bridgehead atoms. The molecule has 0 atom stereocenters. The topological polar surface area (TPSA) is 28.0 Å². The second-order valence-corrected chi connectivity index (χ2v) is 6.47. The van der Waals surface area contributed by atoms with Gasteiger partial charge in [-0.15, -0.1) is 0 Å². The van der Waals surface area contributed by atoms with E-state index in [1.165, 1.54) is 12.1 Å². The Bertz CT molecular complexity index is 982. The molecule has 2 aromatic carbocycles. The van der Waals surface area contributed by atoms with Gasteiger partial charge in [-0.2, -0.15) is 13.2 Å². The van der Waals surface area contributed by atoms with Crippen molar-refractivity contribution in [1.29, 1.82) is 0 Å². The molecule has 4 rings (SSSR count). The molecule has 0 aromatic heterocycles. The van der Waals surface area contributed by atoms with Gasteiger partial charge >= 0.3 is 6.18 Å². The third-order valence-corrected chi connectivity index (χ3v) is 4.53. The Morgan fingerprint density at radius 3 is 2.23 bits per heavy atom. The fourth-order valence-corrected chi connectivity index (χ4v) is 3.32. The first kappa shape index (κ1) is 16.6. The molecule has 1 heterocycles. The Morgan fingerprint density at radius 2 is 1.54 bits per heavy atom. The minimum atomic E-state index is -4.43. The van der Waals surface area contributed by atoms with Crippen molar-refractivity contribution in [2.45, 2.75) is 12.6 Å². The Kier molecular flexibility index (Phi) is 3.72. The van der Waals surface area contributed by atoms with Gasteiger partial charge in [0.1, 0.15) is 5.71 Å². The van der Waals surface area contributed by atoms with Gasteiger partial charge in [-0.1, -0.05) is 42.5 Å². The molecular formula is C20H16F3N3. The molecule has 2 aromatic rings. The van der Waals surface area contributed by atoms with Gasteiger partial charge in [-0.25, -0.2) is 9.98 Å². The Balaban J connectivity index is 1.98. The standard InChI is InChI=1S/C20H16F3N3/c1-26(2)19-24-17-13-8-4-3-7-12(13)11-15(18(17)25-19)14-9-5-6-10-16(14)20(21,22)23/h3-10H,11H2,1-2H3. The smallest absolute Gasteiger partial charge is 0.347 e. The van der Waals surface area contributed by atoms with Crippen LogP contribution in [0.3, 0.4) is 0 Å². The lowest BCUT2D eigenvalue weighted by Gasteiger charge is -2.22. The summed E-state index contributed by atoms with van der Waals surface area (Å²) >= 11 is 0. The monoisotopic (exact) mass is 355 g/mol. The lowest BCUT2D eigenvalue weighted by molar-refractivity contribution is -0.137. The molecule has 6 heteroatoms. The third-order valence-electron chi connectivity index (χ3n) is 4.53. The van der Waals surface area contributed by atoms with E-state index >= 15 is 0 Å². The summed E-state index contributed by atoms with van der Waals surface area (Å²) in [6.07, 6.45) is -4.03. The predicted molar refractivity (Wildman–Crippen MR) is 96.2 cm³/mol. The van der Waals surface area contributed by atoms with Crippen LogP contribution in [0.15, 0.2) is 64.2 Å². The summed E-state index contributed by atoms with van der Waals surface area (Å²) < 4.78 is 40.7. The van der Waals surface area contributed by atoms with E-state index in [1.807, 2.05) is 38.4 Å². The number of aliphatic imine (C=N–C) groups is 2. The van der Waals surface area contributed by atoms with E-state index in [4.69, 9.17) is 0 Å². The van der Waals surface area contributed by atoms with Gasteiger partial charge in [0, 0.05) is 26.1 Å². The zero-order valence-electron chi connectivity index (χ0n) is 14.3. The number of halogens is 3. The highest BCUT2D eigenvalue weighted by Gasteiger charge is 2.37. The van der Waals surface area contributed by atoms with Crippen molar-refractivity contribution in [3.05, 3.63) is 76.5 Å². The van der Waals surface area contributed by atoms with Gasteiger partial charge < -0.3 is 4.90 Å². The van der Waals surface area contributed by atoms with Crippen LogP contribution in [0.5, 0.6) is 0 Å². The van der Waals surface area contributed by atoms with Gasteiger partial charge in [0.05, 0.1) is 11.3 Å². The molecule has 0 N–H and O–H groups in total. The maximum Gasteiger partial charge on any atom is 0.416 e. The summed E-state index contributed by atoms with van der Waals surface area (Å²) in [5, 5.41) is 0. The molecule has 0 unspecified atom stereocenters. The molecule has 132 valence electrons. The van der Waals surface area contributed by atoms with Crippen LogP contribution in [0.4, 0.5) is 13.2 Å². The van der Waals surface area contributed by atoms with Crippen molar-refractivity contribution in [2.24, 2.45) is 9.98 Å². The maximum absolute atomic E-state index is 13.6. The second-order valence-electron chi connectivity index (χ2n) is 6.47. The summed E-state index contributed by atoms with van der Waals surface area (Å²) in [5.41, 5.74) is 3.14. The Morgan fingerprint density at radius 1 is 0.885 bits per heavy atom. The van der Waals surface area contributed by atoms with E-state index < -0.39 is 11.7 Å². The molecule has 0 saturated carbocycles. The van der Waals surface area contributed by atoms with E-state index in [0.29, 0.717) is 29.4 Å². The van der Waals surface area contributed by atoms with E-state index in [2.05, 4.69) is 9.98 Å². The molecular weight excluding hydrogens is 339 g/mol. The van der Waals surface area contributed by atoms with E-state index in [1.54, 1.807) is 11.0 Å². The minimum Gasteiger partial charge on any atom is -0.347 e. The van der Waals surface area contributed by atoms with Crippen LogP contribution in [0, 0.1) is 0 Å². The number of nitrogens with zero attached hydrogens (tertiary/aromatic N) is 3. The zero-order chi connectivity index (χ0) is 18.5. The molecule has 0 saturated heterocycles. The number of hydrogen-bond acceptors (Lipinski definition) is 3. The molecule has 1 aliphatic heterocycles. The summed E-state index contributed by atoms with van der Waals surface area (Å²) in [7, 11) is 3.63. The number of hydrogen-bond donors (Lipinski definition) is 0. The molecule has 0 amide bonds. The number of benzene rings is 2. The van der Waals surface area contributed by atoms with E-state index in [9.17, 15) is 13.2 Å². The van der Waals surface area contributed by atoms with Crippen molar-refractivity contribution >= 4 is 17.2 Å². The van der Waals surface area contributed by atoms with Gasteiger partial charge in [-0.3, -0.25) is 0 Å².